The Labute approximate surface area is 101 Å². The molecule has 1 atom stereocenters. The van der Waals surface area contributed by atoms with E-state index in [2.05, 4.69) is 15.6 Å². The summed E-state index contributed by atoms with van der Waals surface area (Å²) in [6.45, 7) is 2.87. The van der Waals surface area contributed by atoms with Gasteiger partial charge in [-0.05, 0) is 30.5 Å². The fourth-order valence-electron chi connectivity index (χ4n) is 1.30. The second-order valence-corrected chi connectivity index (χ2v) is 3.82. The Balaban J connectivity index is 2.13. The molecule has 0 saturated heterocycles. The number of pyridine rings is 1. The van der Waals surface area contributed by atoms with Crippen molar-refractivity contribution in [3.05, 3.63) is 30.1 Å². The van der Waals surface area contributed by atoms with Gasteiger partial charge in [-0.1, -0.05) is 6.92 Å². The molecule has 1 unspecified atom stereocenters. The van der Waals surface area contributed by atoms with Crippen molar-refractivity contribution >= 4 is 6.03 Å². The first-order valence-corrected chi connectivity index (χ1v) is 5.81. The Hall–Kier alpha value is -1.62. The molecule has 1 heterocycles. The quantitative estimate of drug-likeness (QED) is 0.692. The van der Waals surface area contributed by atoms with Crippen LogP contribution in [-0.4, -0.2) is 28.8 Å². The van der Waals surface area contributed by atoms with Crippen molar-refractivity contribution in [3.63, 3.8) is 0 Å². The summed E-state index contributed by atoms with van der Waals surface area (Å²) < 4.78 is 0. The summed E-state index contributed by atoms with van der Waals surface area (Å²) in [5.74, 6) is 0. The van der Waals surface area contributed by atoms with Gasteiger partial charge in [-0.15, -0.1) is 0 Å². The number of nitrogens with zero attached hydrogens (tertiary/aromatic N) is 1. The van der Waals surface area contributed by atoms with Gasteiger partial charge in [-0.3, -0.25) is 4.98 Å². The van der Waals surface area contributed by atoms with Gasteiger partial charge >= 0.3 is 6.03 Å². The first-order valence-electron chi connectivity index (χ1n) is 5.81. The zero-order chi connectivity index (χ0) is 12.5. The largest absolute Gasteiger partial charge is 0.393 e. The summed E-state index contributed by atoms with van der Waals surface area (Å²) in [7, 11) is 0. The molecule has 0 spiro atoms. The zero-order valence-corrected chi connectivity index (χ0v) is 10.0. The van der Waals surface area contributed by atoms with E-state index in [9.17, 15) is 9.90 Å². The number of hydrogen-bond donors (Lipinski definition) is 3. The lowest BCUT2D eigenvalue weighted by Crippen LogP contribution is -2.36. The summed E-state index contributed by atoms with van der Waals surface area (Å²) in [5.41, 5.74) is 1.00. The highest BCUT2D eigenvalue weighted by atomic mass is 16.3. The van der Waals surface area contributed by atoms with Crippen LogP contribution in [0.5, 0.6) is 0 Å². The van der Waals surface area contributed by atoms with Gasteiger partial charge in [0.05, 0.1) is 6.10 Å². The minimum absolute atomic E-state index is 0.217. The maximum atomic E-state index is 11.4. The molecule has 0 radical (unpaired) electrons. The lowest BCUT2D eigenvalue weighted by Gasteiger charge is -2.09. The number of aliphatic hydroxyl groups is 1. The predicted octanol–water partition coefficient (Wildman–Crippen LogP) is 1.04. The molecule has 0 saturated carbocycles. The van der Waals surface area contributed by atoms with E-state index in [0.717, 1.165) is 5.56 Å². The highest BCUT2D eigenvalue weighted by molar-refractivity contribution is 5.73. The lowest BCUT2D eigenvalue weighted by molar-refractivity contribution is 0.160. The summed E-state index contributed by atoms with van der Waals surface area (Å²) in [4.78, 5) is 15.3. The van der Waals surface area contributed by atoms with Gasteiger partial charge in [-0.25, -0.2) is 4.79 Å². The summed E-state index contributed by atoms with van der Waals surface area (Å²) in [6, 6.07) is 3.48. The summed E-state index contributed by atoms with van der Waals surface area (Å²) in [6.07, 6.45) is 4.33. The van der Waals surface area contributed by atoms with Crippen LogP contribution < -0.4 is 10.6 Å². The number of carbonyl (C=O) groups excluding carboxylic acids is 1. The van der Waals surface area contributed by atoms with E-state index in [1.165, 1.54) is 0 Å². The third kappa shape index (κ3) is 5.87. The van der Waals surface area contributed by atoms with E-state index < -0.39 is 0 Å². The van der Waals surface area contributed by atoms with Gasteiger partial charge < -0.3 is 15.7 Å². The Morgan fingerprint density at radius 2 is 2.12 bits per heavy atom. The summed E-state index contributed by atoms with van der Waals surface area (Å²) in [5, 5.41) is 14.7. The minimum atomic E-state index is -0.338. The van der Waals surface area contributed by atoms with Gasteiger partial charge in [0.15, 0.2) is 0 Å². The highest BCUT2D eigenvalue weighted by Gasteiger charge is 2.03. The average molecular weight is 237 g/mol. The van der Waals surface area contributed by atoms with Crippen molar-refractivity contribution in [2.24, 2.45) is 0 Å². The van der Waals surface area contributed by atoms with Crippen LogP contribution in [0, 0.1) is 0 Å². The maximum absolute atomic E-state index is 11.4. The van der Waals surface area contributed by atoms with Crippen LogP contribution in [0.2, 0.25) is 0 Å². The fraction of sp³-hybridized carbons (Fsp3) is 0.500. The van der Waals surface area contributed by atoms with E-state index in [0.29, 0.717) is 25.9 Å². The number of carbonyl (C=O) groups is 1. The van der Waals surface area contributed by atoms with Gasteiger partial charge in [0, 0.05) is 25.5 Å². The molecule has 0 aliphatic carbocycles. The first-order chi connectivity index (χ1) is 8.22. The predicted molar refractivity (Wildman–Crippen MR) is 65.4 cm³/mol. The number of rotatable bonds is 6. The van der Waals surface area contributed by atoms with Gasteiger partial charge in [-0.2, -0.15) is 0 Å². The zero-order valence-electron chi connectivity index (χ0n) is 10.0. The molecule has 1 aromatic heterocycles. The lowest BCUT2D eigenvalue weighted by atomic mass is 10.2. The van der Waals surface area contributed by atoms with Crippen molar-refractivity contribution in [1.82, 2.24) is 15.6 Å². The van der Waals surface area contributed by atoms with Crippen LogP contribution in [0.1, 0.15) is 25.3 Å². The van der Waals surface area contributed by atoms with Crippen molar-refractivity contribution in [2.75, 3.05) is 6.54 Å². The van der Waals surface area contributed by atoms with E-state index >= 15 is 0 Å². The second-order valence-electron chi connectivity index (χ2n) is 3.82. The third-order valence-corrected chi connectivity index (χ3v) is 2.44. The Morgan fingerprint density at radius 1 is 1.41 bits per heavy atom. The minimum Gasteiger partial charge on any atom is -0.393 e. The average Bonchev–Trinajstić information content (AvgIpc) is 2.37. The molecule has 5 heteroatoms. The van der Waals surface area contributed by atoms with Gasteiger partial charge in [0.2, 0.25) is 0 Å². The molecule has 17 heavy (non-hydrogen) atoms. The van der Waals surface area contributed by atoms with E-state index in [-0.39, 0.29) is 12.1 Å². The number of aliphatic hydroxyl groups excluding tert-OH is 1. The van der Waals surface area contributed by atoms with Crippen LogP contribution >= 0.6 is 0 Å². The molecule has 5 nitrogen and oxygen atoms in total. The van der Waals surface area contributed by atoms with Crippen molar-refractivity contribution in [3.8, 4) is 0 Å². The standard InChI is InChI=1S/C12H19N3O2/c1-2-11(16)5-8-14-12(17)15-9-10-3-6-13-7-4-10/h3-4,6-7,11,16H,2,5,8-9H2,1H3,(H2,14,15,17). The monoisotopic (exact) mass is 237 g/mol. The first kappa shape index (κ1) is 13.4. The van der Waals surface area contributed by atoms with Crippen LogP contribution in [0.25, 0.3) is 0 Å². The molecule has 0 aromatic carbocycles. The third-order valence-electron chi connectivity index (χ3n) is 2.44. The number of aromatic nitrogens is 1. The number of urea groups is 1. The fourth-order valence-corrected chi connectivity index (χ4v) is 1.30. The number of hydrogen-bond acceptors (Lipinski definition) is 3. The highest BCUT2D eigenvalue weighted by Crippen LogP contribution is 1.95. The number of nitrogens with one attached hydrogen (secondary N) is 2. The molecule has 0 fully saturated rings. The molecule has 0 aliphatic rings. The number of amides is 2. The van der Waals surface area contributed by atoms with E-state index in [1.54, 1.807) is 12.4 Å². The van der Waals surface area contributed by atoms with Crippen LogP contribution in [0.15, 0.2) is 24.5 Å². The molecule has 2 amide bonds. The van der Waals surface area contributed by atoms with Crippen LogP contribution in [-0.2, 0) is 6.54 Å². The normalized spacial score (nSPS) is 11.9. The molecule has 3 N–H and O–H groups in total. The molecule has 0 aliphatic heterocycles. The second kappa shape index (κ2) is 7.62. The Bertz CT molecular complexity index is 330. The molecule has 1 rings (SSSR count). The van der Waals surface area contributed by atoms with Crippen molar-refractivity contribution in [1.29, 1.82) is 0 Å². The maximum Gasteiger partial charge on any atom is 0.315 e. The topological polar surface area (TPSA) is 74.2 Å². The Kier molecular flexibility index (Phi) is 6.03. The molecule has 1 aromatic rings. The molecule has 0 bridgehead atoms. The van der Waals surface area contributed by atoms with E-state index in [4.69, 9.17) is 0 Å². The molecular weight excluding hydrogens is 218 g/mol. The molecular formula is C12H19N3O2. The van der Waals surface area contributed by atoms with Crippen molar-refractivity contribution < 1.29 is 9.90 Å². The Morgan fingerprint density at radius 3 is 2.76 bits per heavy atom. The summed E-state index contributed by atoms with van der Waals surface area (Å²) >= 11 is 0. The van der Waals surface area contributed by atoms with Crippen LogP contribution in [0.3, 0.4) is 0 Å². The SMILES string of the molecule is CCC(O)CCNC(=O)NCc1ccncc1. The molecule has 94 valence electrons. The van der Waals surface area contributed by atoms with Gasteiger partial charge in [0.1, 0.15) is 0 Å². The smallest absolute Gasteiger partial charge is 0.315 e. The van der Waals surface area contributed by atoms with Gasteiger partial charge in [0.25, 0.3) is 0 Å². The van der Waals surface area contributed by atoms with E-state index in [1.807, 2.05) is 19.1 Å². The van der Waals surface area contributed by atoms with Crippen molar-refractivity contribution in [2.45, 2.75) is 32.4 Å². The van der Waals surface area contributed by atoms with Crippen LogP contribution in [0.4, 0.5) is 4.79 Å².